The minimum atomic E-state index is -0.298. The molecule has 0 saturated carbocycles. The molecule has 4 nitrogen and oxygen atoms in total. The fraction of sp³-hybridized carbons (Fsp3) is 0.125. The van der Waals surface area contributed by atoms with Gasteiger partial charge in [0.15, 0.2) is 0 Å². The number of hydrogen-bond donors (Lipinski definition) is 2. The van der Waals surface area contributed by atoms with E-state index in [1.807, 2.05) is 12.1 Å². The Morgan fingerprint density at radius 2 is 1.83 bits per heavy atom. The Morgan fingerprint density at radius 3 is 2.52 bits per heavy atom. The predicted octanol–water partition coefficient (Wildman–Crippen LogP) is 4.62. The molecule has 0 atom stereocenters. The van der Waals surface area contributed by atoms with Gasteiger partial charge in [-0.3, -0.25) is 9.59 Å². The van der Waals surface area contributed by atoms with Crippen molar-refractivity contribution in [3.05, 3.63) is 62.0 Å². The Bertz CT molecular complexity index is 738. The van der Waals surface area contributed by atoms with Crippen LogP contribution >= 0.6 is 43.5 Å². The first-order valence-corrected chi connectivity index (χ1v) is 8.71. The van der Waals surface area contributed by atoms with Crippen molar-refractivity contribution in [2.24, 2.45) is 0 Å². The summed E-state index contributed by atoms with van der Waals surface area (Å²) in [5.41, 5.74) is 1.07. The second-order valence-electron chi connectivity index (χ2n) is 4.66. The largest absolute Gasteiger partial charge is 0.351 e. The maximum Gasteiger partial charge on any atom is 0.252 e. The normalized spacial score (nSPS) is 10.2. The Labute approximate surface area is 155 Å². The van der Waals surface area contributed by atoms with Crippen LogP contribution in [0.5, 0.6) is 0 Å². The van der Waals surface area contributed by atoms with Crippen molar-refractivity contribution in [1.82, 2.24) is 5.32 Å². The predicted molar refractivity (Wildman–Crippen MR) is 98.9 cm³/mol. The van der Waals surface area contributed by atoms with Crippen LogP contribution in [0.25, 0.3) is 0 Å². The number of halogens is 3. The van der Waals surface area contributed by atoms with Gasteiger partial charge >= 0.3 is 0 Å². The summed E-state index contributed by atoms with van der Waals surface area (Å²) in [6.07, 6.45) is 0.165. The lowest BCUT2D eigenvalue weighted by molar-refractivity contribution is -0.116. The molecule has 2 amide bonds. The van der Waals surface area contributed by atoms with Crippen LogP contribution in [0.4, 0.5) is 5.69 Å². The molecule has 0 aliphatic heterocycles. The topological polar surface area (TPSA) is 58.2 Å². The minimum Gasteiger partial charge on any atom is -0.351 e. The zero-order chi connectivity index (χ0) is 16.8. The van der Waals surface area contributed by atoms with E-state index < -0.39 is 0 Å². The Kier molecular flexibility index (Phi) is 6.62. The van der Waals surface area contributed by atoms with Gasteiger partial charge < -0.3 is 10.6 Å². The number of hydrogen-bond acceptors (Lipinski definition) is 2. The lowest BCUT2D eigenvalue weighted by atomic mass is 10.2. The molecule has 0 fully saturated rings. The molecular formula is C16H13Br2ClN2O2. The molecule has 120 valence electrons. The highest BCUT2D eigenvalue weighted by molar-refractivity contribution is 9.11. The SMILES string of the molecule is O=C(CCNC(=O)c1ccccc1Cl)Nc1ccc(Br)cc1Br. The summed E-state index contributed by atoms with van der Waals surface area (Å²) >= 11 is 12.7. The molecule has 23 heavy (non-hydrogen) atoms. The fourth-order valence-corrected chi connectivity index (χ4v) is 3.20. The lowest BCUT2D eigenvalue weighted by Crippen LogP contribution is -2.27. The third-order valence-electron chi connectivity index (χ3n) is 2.96. The number of carbonyl (C=O) groups excluding carboxylic acids is 2. The van der Waals surface area contributed by atoms with Crippen molar-refractivity contribution in [2.45, 2.75) is 6.42 Å². The minimum absolute atomic E-state index is 0.165. The number of rotatable bonds is 5. The molecule has 2 aromatic carbocycles. The van der Waals surface area contributed by atoms with E-state index in [4.69, 9.17) is 11.6 Å². The van der Waals surface area contributed by atoms with Crippen molar-refractivity contribution >= 4 is 61.0 Å². The third-order valence-corrected chi connectivity index (χ3v) is 4.44. The summed E-state index contributed by atoms with van der Waals surface area (Å²) in [6, 6.07) is 12.2. The first kappa shape index (κ1) is 18.0. The summed E-state index contributed by atoms with van der Waals surface area (Å²) < 4.78 is 1.69. The molecule has 0 saturated heterocycles. The summed E-state index contributed by atoms with van der Waals surface area (Å²) in [7, 11) is 0. The van der Waals surface area contributed by atoms with E-state index in [1.54, 1.807) is 30.3 Å². The highest BCUT2D eigenvalue weighted by Crippen LogP contribution is 2.26. The molecule has 2 N–H and O–H groups in total. The van der Waals surface area contributed by atoms with Gasteiger partial charge in [-0.15, -0.1) is 0 Å². The zero-order valence-corrected chi connectivity index (χ0v) is 15.8. The molecule has 0 aliphatic rings. The van der Waals surface area contributed by atoms with Gasteiger partial charge in [-0.05, 0) is 46.3 Å². The highest BCUT2D eigenvalue weighted by Gasteiger charge is 2.10. The van der Waals surface area contributed by atoms with Crippen LogP contribution in [0, 0.1) is 0 Å². The van der Waals surface area contributed by atoms with Crippen LogP contribution in [0.15, 0.2) is 51.4 Å². The van der Waals surface area contributed by atoms with E-state index in [9.17, 15) is 9.59 Å². The van der Waals surface area contributed by atoms with Crippen LogP contribution < -0.4 is 10.6 Å². The van der Waals surface area contributed by atoms with Gasteiger partial charge in [0.05, 0.1) is 16.3 Å². The molecule has 0 heterocycles. The fourth-order valence-electron chi connectivity index (χ4n) is 1.83. The standard InChI is InChI=1S/C16H13Br2ClN2O2/c17-10-5-6-14(12(18)9-10)21-15(22)7-8-20-16(23)11-3-1-2-4-13(11)19/h1-6,9H,7-8H2,(H,20,23)(H,21,22). The average Bonchev–Trinajstić information content (AvgIpc) is 2.50. The number of benzene rings is 2. The average molecular weight is 461 g/mol. The molecule has 0 aromatic heterocycles. The van der Waals surface area contributed by atoms with E-state index in [1.165, 1.54) is 0 Å². The second kappa shape index (κ2) is 8.47. The molecule has 0 spiro atoms. The number of anilines is 1. The van der Waals surface area contributed by atoms with Crippen molar-refractivity contribution in [3.8, 4) is 0 Å². The third kappa shape index (κ3) is 5.34. The monoisotopic (exact) mass is 458 g/mol. The van der Waals surface area contributed by atoms with Crippen molar-refractivity contribution in [3.63, 3.8) is 0 Å². The highest BCUT2D eigenvalue weighted by atomic mass is 79.9. The first-order chi connectivity index (χ1) is 11.0. The Balaban J connectivity index is 1.83. The van der Waals surface area contributed by atoms with Crippen molar-refractivity contribution in [1.29, 1.82) is 0 Å². The van der Waals surface area contributed by atoms with E-state index in [2.05, 4.69) is 42.5 Å². The maximum atomic E-state index is 12.0. The van der Waals surface area contributed by atoms with Crippen molar-refractivity contribution in [2.75, 3.05) is 11.9 Å². The molecular weight excluding hydrogens is 447 g/mol. The van der Waals surface area contributed by atoms with E-state index >= 15 is 0 Å². The molecule has 7 heteroatoms. The van der Waals surface area contributed by atoms with E-state index in [0.29, 0.717) is 16.3 Å². The van der Waals surface area contributed by atoms with Crippen LogP contribution in [0.3, 0.4) is 0 Å². The Morgan fingerprint density at radius 1 is 1.09 bits per heavy atom. The molecule has 0 radical (unpaired) electrons. The summed E-state index contributed by atoms with van der Waals surface area (Å²) in [4.78, 5) is 23.9. The van der Waals surface area contributed by atoms with Crippen molar-refractivity contribution < 1.29 is 9.59 Å². The molecule has 0 aliphatic carbocycles. The van der Waals surface area contributed by atoms with Gasteiger partial charge in [-0.2, -0.15) is 0 Å². The van der Waals surface area contributed by atoms with Gasteiger partial charge in [0.1, 0.15) is 0 Å². The number of amides is 2. The molecule has 0 bridgehead atoms. The quantitative estimate of drug-likeness (QED) is 0.684. The molecule has 0 unspecified atom stereocenters. The van der Waals surface area contributed by atoms with E-state index in [-0.39, 0.29) is 24.8 Å². The summed E-state index contributed by atoms with van der Waals surface area (Å²) in [6.45, 7) is 0.226. The number of nitrogens with one attached hydrogen (secondary N) is 2. The first-order valence-electron chi connectivity index (χ1n) is 6.75. The summed E-state index contributed by atoms with van der Waals surface area (Å²) in [5, 5.41) is 5.84. The van der Waals surface area contributed by atoms with Crippen LogP contribution in [0.2, 0.25) is 5.02 Å². The second-order valence-corrected chi connectivity index (χ2v) is 6.84. The van der Waals surface area contributed by atoms with Gasteiger partial charge in [0.2, 0.25) is 5.91 Å². The molecule has 2 rings (SSSR count). The summed E-state index contributed by atoms with van der Waals surface area (Å²) in [5.74, 6) is -0.485. The Hall–Kier alpha value is -1.37. The number of carbonyl (C=O) groups is 2. The zero-order valence-electron chi connectivity index (χ0n) is 11.9. The van der Waals surface area contributed by atoms with Gasteiger partial charge in [0.25, 0.3) is 5.91 Å². The van der Waals surface area contributed by atoms with Gasteiger partial charge in [0, 0.05) is 21.9 Å². The smallest absolute Gasteiger partial charge is 0.252 e. The van der Waals surface area contributed by atoms with E-state index in [0.717, 1.165) is 8.95 Å². The van der Waals surface area contributed by atoms with Gasteiger partial charge in [-0.25, -0.2) is 0 Å². The molecule has 2 aromatic rings. The lowest BCUT2D eigenvalue weighted by Gasteiger charge is -2.09. The van der Waals surface area contributed by atoms with Crippen LogP contribution in [-0.4, -0.2) is 18.4 Å². The van der Waals surface area contributed by atoms with Gasteiger partial charge in [-0.1, -0.05) is 39.7 Å². The van der Waals surface area contributed by atoms with Crippen LogP contribution in [0.1, 0.15) is 16.8 Å². The van der Waals surface area contributed by atoms with Crippen LogP contribution in [-0.2, 0) is 4.79 Å². The maximum absolute atomic E-state index is 12.0.